The molecule has 1 saturated heterocycles. The third-order valence-electron chi connectivity index (χ3n) is 7.62. The zero-order valence-corrected chi connectivity index (χ0v) is 22.4. The van der Waals surface area contributed by atoms with Gasteiger partial charge in [-0.3, -0.25) is 14.5 Å². The summed E-state index contributed by atoms with van der Waals surface area (Å²) in [6.45, 7) is 1.82. The van der Waals surface area contributed by atoms with Crippen molar-refractivity contribution in [3.8, 4) is 0 Å². The van der Waals surface area contributed by atoms with Gasteiger partial charge in [-0.25, -0.2) is 9.78 Å². The third kappa shape index (κ3) is 5.78. The number of pyridine rings is 1. The van der Waals surface area contributed by atoms with E-state index in [0.717, 1.165) is 38.8 Å². The summed E-state index contributed by atoms with van der Waals surface area (Å²) < 4.78 is 10.8. The number of hydrogen-bond acceptors (Lipinski definition) is 8. The molecule has 5 rings (SSSR count). The normalized spacial score (nSPS) is 20.5. The second-order valence-corrected chi connectivity index (χ2v) is 10.5. The SMILES string of the molecule is COC(=O)c1cccc2oc(C(=O)Nc3ccc(Cl)cn3)c(NC(=O)C3CCC(C(O)N4CCCC4)CC3)c12. The number of ether oxygens (including phenoxy) is 1. The van der Waals surface area contributed by atoms with Crippen molar-refractivity contribution in [2.75, 3.05) is 30.8 Å². The highest BCUT2D eigenvalue weighted by Crippen LogP contribution is 2.37. The minimum Gasteiger partial charge on any atom is -0.465 e. The molecule has 3 aromatic rings. The largest absolute Gasteiger partial charge is 0.465 e. The van der Waals surface area contributed by atoms with Crippen LogP contribution in [0.25, 0.3) is 11.0 Å². The van der Waals surface area contributed by atoms with E-state index in [2.05, 4.69) is 20.5 Å². The predicted molar refractivity (Wildman–Crippen MR) is 146 cm³/mol. The van der Waals surface area contributed by atoms with Crippen LogP contribution in [0, 0.1) is 11.8 Å². The summed E-state index contributed by atoms with van der Waals surface area (Å²) in [6.07, 6.45) is 5.79. The number of methoxy groups -OCH3 is 1. The second-order valence-electron chi connectivity index (χ2n) is 10.0. The standard InChI is InChI=1S/C28H31ClN4O6/c1-38-28(37)19-5-4-6-20-22(19)23(24(39-20)26(35)31-21-12-11-18(29)15-30-21)32-25(34)16-7-9-17(10-8-16)27(36)33-13-2-3-14-33/h4-6,11-12,15-17,27,36H,2-3,7-10,13-14H2,1H3,(H,32,34)(H,30,31,35). The maximum atomic E-state index is 13.5. The summed E-state index contributed by atoms with van der Waals surface area (Å²) in [4.78, 5) is 45.5. The van der Waals surface area contributed by atoms with Crippen molar-refractivity contribution in [2.45, 2.75) is 44.8 Å². The first-order chi connectivity index (χ1) is 18.9. The number of hydrogen-bond donors (Lipinski definition) is 3. The molecule has 2 aromatic heterocycles. The molecule has 1 aliphatic heterocycles. The topological polar surface area (TPSA) is 134 Å². The fourth-order valence-electron chi connectivity index (χ4n) is 5.54. The van der Waals surface area contributed by atoms with Crippen molar-refractivity contribution in [3.63, 3.8) is 0 Å². The molecule has 0 radical (unpaired) electrons. The first-order valence-electron chi connectivity index (χ1n) is 13.2. The number of halogens is 1. The van der Waals surface area contributed by atoms with E-state index in [1.165, 1.54) is 19.4 Å². The van der Waals surface area contributed by atoms with Crippen LogP contribution in [0.3, 0.4) is 0 Å². The lowest BCUT2D eigenvalue weighted by Crippen LogP contribution is -2.41. The van der Waals surface area contributed by atoms with Gasteiger partial charge in [-0.15, -0.1) is 0 Å². The Kier molecular flexibility index (Phi) is 8.15. The van der Waals surface area contributed by atoms with Crippen molar-refractivity contribution < 1.29 is 28.6 Å². The molecule has 0 spiro atoms. The van der Waals surface area contributed by atoms with E-state index < -0.39 is 18.1 Å². The number of aliphatic hydroxyl groups is 1. The minimum absolute atomic E-state index is 0.0988. The van der Waals surface area contributed by atoms with Crippen LogP contribution in [0.2, 0.25) is 5.02 Å². The Labute approximate surface area is 230 Å². The maximum Gasteiger partial charge on any atom is 0.338 e. The molecule has 1 saturated carbocycles. The van der Waals surface area contributed by atoms with E-state index >= 15 is 0 Å². The quantitative estimate of drug-likeness (QED) is 0.358. The molecule has 39 heavy (non-hydrogen) atoms. The van der Waals surface area contributed by atoms with Crippen LogP contribution < -0.4 is 10.6 Å². The Morgan fingerprint density at radius 2 is 1.85 bits per heavy atom. The lowest BCUT2D eigenvalue weighted by Gasteiger charge is -2.35. The molecule has 1 atom stereocenters. The molecule has 2 fully saturated rings. The molecule has 11 heteroatoms. The number of nitrogens with one attached hydrogen (secondary N) is 2. The number of fused-ring (bicyclic) bond motifs is 1. The number of amides is 2. The molecule has 1 aliphatic carbocycles. The van der Waals surface area contributed by atoms with Gasteiger partial charge in [0.15, 0.2) is 0 Å². The number of nitrogens with zero attached hydrogens (tertiary/aromatic N) is 2. The Bertz CT molecular complexity index is 1360. The van der Waals surface area contributed by atoms with Crippen LogP contribution in [0.4, 0.5) is 11.5 Å². The zero-order chi connectivity index (χ0) is 27.5. The Hall–Kier alpha value is -3.47. The molecule has 10 nitrogen and oxygen atoms in total. The molecule has 3 heterocycles. The molecular formula is C28H31ClN4O6. The molecule has 1 unspecified atom stereocenters. The first kappa shape index (κ1) is 27.1. The van der Waals surface area contributed by atoms with E-state index in [1.54, 1.807) is 24.3 Å². The number of likely N-dealkylation sites (tertiary alicyclic amines) is 1. The summed E-state index contributed by atoms with van der Waals surface area (Å²) in [5, 5.41) is 17.0. The highest BCUT2D eigenvalue weighted by molar-refractivity contribution is 6.30. The number of esters is 1. The Morgan fingerprint density at radius 3 is 2.51 bits per heavy atom. The number of furan rings is 1. The van der Waals surface area contributed by atoms with E-state index in [1.807, 2.05) is 0 Å². The first-order valence-corrected chi connectivity index (χ1v) is 13.5. The molecule has 2 aliphatic rings. The van der Waals surface area contributed by atoms with Gasteiger partial charge >= 0.3 is 5.97 Å². The van der Waals surface area contributed by atoms with Crippen LogP contribution >= 0.6 is 11.6 Å². The van der Waals surface area contributed by atoms with Crippen molar-refractivity contribution in [1.29, 1.82) is 0 Å². The number of aliphatic hydroxyl groups excluding tert-OH is 1. The van der Waals surface area contributed by atoms with Gasteiger partial charge in [-0.05, 0) is 68.7 Å². The Morgan fingerprint density at radius 1 is 1.10 bits per heavy atom. The van der Waals surface area contributed by atoms with Crippen LogP contribution in [0.5, 0.6) is 0 Å². The monoisotopic (exact) mass is 554 g/mol. The van der Waals surface area contributed by atoms with Crippen LogP contribution in [0.15, 0.2) is 40.9 Å². The predicted octanol–water partition coefficient (Wildman–Crippen LogP) is 4.68. The summed E-state index contributed by atoms with van der Waals surface area (Å²) in [6, 6.07) is 7.89. The number of benzene rings is 1. The average Bonchev–Trinajstić information content (AvgIpc) is 3.62. The maximum absolute atomic E-state index is 13.5. The molecular weight excluding hydrogens is 524 g/mol. The Balaban J connectivity index is 1.39. The number of aromatic nitrogens is 1. The smallest absolute Gasteiger partial charge is 0.338 e. The van der Waals surface area contributed by atoms with E-state index in [9.17, 15) is 19.5 Å². The number of anilines is 2. The summed E-state index contributed by atoms with van der Waals surface area (Å²) in [5.41, 5.74) is 0.511. The third-order valence-corrected chi connectivity index (χ3v) is 7.85. The van der Waals surface area contributed by atoms with Gasteiger partial charge in [0.05, 0.1) is 23.1 Å². The van der Waals surface area contributed by atoms with Crippen molar-refractivity contribution in [1.82, 2.24) is 9.88 Å². The number of carbonyl (C=O) groups excluding carboxylic acids is 3. The van der Waals surface area contributed by atoms with Crippen molar-refractivity contribution in [2.24, 2.45) is 11.8 Å². The summed E-state index contributed by atoms with van der Waals surface area (Å²) >= 11 is 5.89. The van der Waals surface area contributed by atoms with Crippen molar-refractivity contribution >= 4 is 51.9 Å². The highest BCUT2D eigenvalue weighted by atomic mass is 35.5. The molecule has 206 valence electrons. The molecule has 2 amide bonds. The van der Waals surface area contributed by atoms with Crippen LogP contribution in [-0.4, -0.2) is 59.2 Å². The molecule has 3 N–H and O–H groups in total. The number of carbonyl (C=O) groups is 3. The van der Waals surface area contributed by atoms with Gasteiger partial charge in [0.25, 0.3) is 5.91 Å². The number of rotatable bonds is 7. The fourth-order valence-corrected chi connectivity index (χ4v) is 5.65. The van der Waals surface area contributed by atoms with Gasteiger partial charge in [-0.1, -0.05) is 17.7 Å². The van der Waals surface area contributed by atoms with Crippen LogP contribution in [0.1, 0.15) is 59.4 Å². The lowest BCUT2D eigenvalue weighted by molar-refractivity contribution is -0.122. The average molecular weight is 555 g/mol. The van der Waals surface area contributed by atoms with Gasteiger partial charge < -0.3 is 24.9 Å². The zero-order valence-electron chi connectivity index (χ0n) is 21.6. The van der Waals surface area contributed by atoms with E-state index in [-0.39, 0.29) is 51.5 Å². The van der Waals surface area contributed by atoms with Gasteiger partial charge in [0, 0.05) is 25.2 Å². The van der Waals surface area contributed by atoms with Gasteiger partial charge in [0.1, 0.15) is 23.3 Å². The fraction of sp³-hybridized carbons (Fsp3) is 0.429. The summed E-state index contributed by atoms with van der Waals surface area (Å²) in [5.74, 6) is -1.65. The summed E-state index contributed by atoms with van der Waals surface area (Å²) in [7, 11) is 1.26. The van der Waals surface area contributed by atoms with E-state index in [0.29, 0.717) is 17.9 Å². The lowest BCUT2D eigenvalue weighted by atomic mass is 9.80. The van der Waals surface area contributed by atoms with Crippen molar-refractivity contribution in [3.05, 3.63) is 52.9 Å². The van der Waals surface area contributed by atoms with Gasteiger partial charge in [-0.2, -0.15) is 0 Å². The second kappa shape index (κ2) is 11.7. The van der Waals surface area contributed by atoms with Crippen LogP contribution in [-0.2, 0) is 9.53 Å². The van der Waals surface area contributed by atoms with E-state index in [4.69, 9.17) is 20.8 Å². The molecule has 1 aromatic carbocycles. The minimum atomic E-state index is -0.649. The highest BCUT2D eigenvalue weighted by Gasteiger charge is 2.35. The van der Waals surface area contributed by atoms with Gasteiger partial charge in [0.2, 0.25) is 11.7 Å². The molecule has 0 bridgehead atoms.